The minimum atomic E-state index is -1.04. The van der Waals surface area contributed by atoms with Crippen LogP contribution in [-0.4, -0.2) is 52.1 Å². The molecule has 0 bridgehead atoms. The average Bonchev–Trinajstić information content (AvgIpc) is 3.44. The molecule has 5 rings (SSSR count). The number of primary amides is 1. The molecule has 48 heavy (non-hydrogen) atoms. The zero-order valence-electron chi connectivity index (χ0n) is 26.6. The predicted molar refractivity (Wildman–Crippen MR) is 171 cm³/mol. The standard InChI is InChI=1S/C36H35F3N4O5/c1-36(2,3)48-35(46)43-20-26(47-25-8-5-4-6-9-25)19-31(43)34(45)42-30(16-21-14-23(37)18-24(38)15-21)32-27(10-7-13-41-32)22-11-12-29(39)28(17-22)33(40)44/h4-15,17-18,26,30-31H,16,19-20H2,1-3H3,(H2,40,44)(H,42,45)/t26-,30-,31-/m0/s1. The molecule has 3 amide bonds. The van der Waals surface area contributed by atoms with E-state index < -0.39 is 59.1 Å². The molecular weight excluding hydrogens is 625 g/mol. The number of benzene rings is 3. The average molecular weight is 661 g/mol. The van der Waals surface area contributed by atoms with E-state index in [0.717, 1.165) is 24.3 Å². The maximum absolute atomic E-state index is 14.4. The van der Waals surface area contributed by atoms with Crippen molar-refractivity contribution in [3.63, 3.8) is 0 Å². The molecule has 4 aromatic rings. The fourth-order valence-electron chi connectivity index (χ4n) is 5.61. The molecule has 0 unspecified atom stereocenters. The van der Waals surface area contributed by atoms with Gasteiger partial charge in [0.15, 0.2) is 0 Å². The summed E-state index contributed by atoms with van der Waals surface area (Å²) in [4.78, 5) is 45.2. The molecule has 3 N–H and O–H groups in total. The Hall–Kier alpha value is -5.39. The molecule has 1 fully saturated rings. The first-order valence-corrected chi connectivity index (χ1v) is 15.3. The van der Waals surface area contributed by atoms with Crippen molar-refractivity contribution in [2.24, 2.45) is 5.73 Å². The molecule has 3 aromatic carbocycles. The normalized spacial score (nSPS) is 16.7. The molecule has 0 radical (unpaired) electrons. The zero-order chi connectivity index (χ0) is 34.6. The van der Waals surface area contributed by atoms with Gasteiger partial charge in [-0.25, -0.2) is 18.0 Å². The first-order chi connectivity index (χ1) is 22.8. The SMILES string of the molecule is CC(C)(C)OC(=O)N1C[C@@H](Oc2ccccc2)C[C@H]1C(=O)N[C@@H](Cc1cc(F)cc(F)c1)c1ncccc1-c1ccc(F)c(C(N)=O)c1. The van der Waals surface area contributed by atoms with Crippen LogP contribution in [0.2, 0.25) is 0 Å². The van der Waals surface area contributed by atoms with Gasteiger partial charge in [0.05, 0.1) is 23.8 Å². The number of para-hydroxylation sites is 1. The lowest BCUT2D eigenvalue weighted by atomic mass is 9.94. The highest BCUT2D eigenvalue weighted by Crippen LogP contribution is 2.32. The minimum absolute atomic E-state index is 0.0575. The number of ether oxygens (including phenoxy) is 2. The number of aromatic nitrogens is 1. The zero-order valence-corrected chi connectivity index (χ0v) is 26.6. The Labute approximate surface area is 275 Å². The highest BCUT2D eigenvalue weighted by Gasteiger charge is 2.43. The van der Waals surface area contributed by atoms with Crippen LogP contribution in [-0.2, 0) is 16.0 Å². The van der Waals surface area contributed by atoms with E-state index >= 15 is 0 Å². The van der Waals surface area contributed by atoms with Gasteiger partial charge < -0.3 is 20.5 Å². The van der Waals surface area contributed by atoms with Crippen molar-refractivity contribution in [1.29, 1.82) is 0 Å². The van der Waals surface area contributed by atoms with Crippen molar-refractivity contribution in [1.82, 2.24) is 15.2 Å². The molecule has 9 nitrogen and oxygen atoms in total. The van der Waals surface area contributed by atoms with Crippen molar-refractivity contribution in [2.45, 2.75) is 57.4 Å². The summed E-state index contributed by atoms with van der Waals surface area (Å²) in [7, 11) is 0. The van der Waals surface area contributed by atoms with E-state index in [4.69, 9.17) is 15.2 Å². The van der Waals surface area contributed by atoms with Crippen LogP contribution in [0.25, 0.3) is 11.1 Å². The molecule has 1 saturated heterocycles. The molecule has 250 valence electrons. The van der Waals surface area contributed by atoms with Crippen LogP contribution in [0.15, 0.2) is 85.1 Å². The van der Waals surface area contributed by atoms with Gasteiger partial charge in [-0.1, -0.05) is 30.3 Å². The van der Waals surface area contributed by atoms with Crippen LogP contribution in [0.3, 0.4) is 0 Å². The summed E-state index contributed by atoms with van der Waals surface area (Å²) in [5, 5.41) is 2.94. The molecule has 12 heteroatoms. The summed E-state index contributed by atoms with van der Waals surface area (Å²) in [6.45, 7) is 5.19. The first kappa shape index (κ1) is 34.0. The molecule has 1 aliphatic heterocycles. The Kier molecular flexibility index (Phi) is 10.0. The lowest BCUT2D eigenvalue weighted by molar-refractivity contribution is -0.126. The number of halogens is 3. The van der Waals surface area contributed by atoms with Crippen molar-refractivity contribution < 1.29 is 37.0 Å². The quantitative estimate of drug-likeness (QED) is 0.223. The van der Waals surface area contributed by atoms with Gasteiger partial charge in [-0.05, 0) is 80.8 Å². The van der Waals surface area contributed by atoms with Crippen LogP contribution in [0, 0.1) is 17.5 Å². The van der Waals surface area contributed by atoms with Gasteiger partial charge in [0.25, 0.3) is 5.91 Å². The second-order valence-electron chi connectivity index (χ2n) is 12.5. The van der Waals surface area contributed by atoms with E-state index in [-0.39, 0.29) is 36.2 Å². The number of carbonyl (C=O) groups is 3. The molecule has 2 heterocycles. The Morgan fingerprint density at radius 2 is 1.69 bits per heavy atom. The lowest BCUT2D eigenvalue weighted by Gasteiger charge is -2.29. The summed E-state index contributed by atoms with van der Waals surface area (Å²) in [6.07, 6.45) is 0.209. The van der Waals surface area contributed by atoms with Crippen LogP contribution < -0.4 is 15.8 Å². The third kappa shape index (κ3) is 8.30. The number of hydrogen-bond acceptors (Lipinski definition) is 6. The van der Waals surface area contributed by atoms with Gasteiger partial charge in [-0.2, -0.15) is 0 Å². The number of pyridine rings is 1. The maximum Gasteiger partial charge on any atom is 0.411 e. The summed E-state index contributed by atoms with van der Waals surface area (Å²) in [5.41, 5.74) is 5.44. The number of rotatable bonds is 9. The molecule has 1 aliphatic rings. The van der Waals surface area contributed by atoms with Crippen molar-refractivity contribution >= 4 is 17.9 Å². The number of carbonyl (C=O) groups excluding carboxylic acids is 3. The minimum Gasteiger partial charge on any atom is -0.488 e. The maximum atomic E-state index is 14.4. The fourth-order valence-corrected chi connectivity index (χ4v) is 5.61. The molecule has 0 spiro atoms. The molecule has 0 aliphatic carbocycles. The highest BCUT2D eigenvalue weighted by atomic mass is 19.1. The smallest absolute Gasteiger partial charge is 0.411 e. The molecule has 1 aromatic heterocycles. The number of likely N-dealkylation sites (tertiary alicyclic amines) is 1. The van der Waals surface area contributed by atoms with Crippen molar-refractivity contribution in [3.8, 4) is 16.9 Å². The molecular formula is C36H35F3N4O5. The second-order valence-corrected chi connectivity index (χ2v) is 12.5. The van der Waals surface area contributed by atoms with E-state index in [0.29, 0.717) is 16.9 Å². The van der Waals surface area contributed by atoms with Gasteiger partial charge in [-0.15, -0.1) is 0 Å². The Morgan fingerprint density at radius 3 is 2.35 bits per heavy atom. The van der Waals surface area contributed by atoms with Crippen LogP contribution in [0.1, 0.15) is 54.8 Å². The number of hydrogen-bond donors (Lipinski definition) is 2. The van der Waals surface area contributed by atoms with E-state index in [9.17, 15) is 27.6 Å². The van der Waals surface area contributed by atoms with Gasteiger partial charge in [0.2, 0.25) is 5.91 Å². The number of nitrogens with zero attached hydrogens (tertiary/aromatic N) is 2. The predicted octanol–water partition coefficient (Wildman–Crippen LogP) is 6.12. The Morgan fingerprint density at radius 1 is 0.979 bits per heavy atom. The Balaban J connectivity index is 1.52. The Bertz CT molecular complexity index is 1800. The van der Waals surface area contributed by atoms with E-state index in [1.165, 1.54) is 23.2 Å². The van der Waals surface area contributed by atoms with Gasteiger partial charge in [0.1, 0.15) is 40.9 Å². The largest absolute Gasteiger partial charge is 0.488 e. The van der Waals surface area contributed by atoms with Crippen LogP contribution in [0.4, 0.5) is 18.0 Å². The van der Waals surface area contributed by atoms with E-state index in [2.05, 4.69) is 10.3 Å². The molecule has 0 saturated carbocycles. The van der Waals surface area contributed by atoms with Gasteiger partial charge in [-0.3, -0.25) is 19.5 Å². The number of amides is 3. The monoisotopic (exact) mass is 660 g/mol. The van der Waals surface area contributed by atoms with Crippen LogP contribution >= 0.6 is 0 Å². The van der Waals surface area contributed by atoms with E-state index in [1.54, 1.807) is 57.2 Å². The molecule has 3 atom stereocenters. The number of nitrogens with one attached hydrogen (secondary N) is 1. The van der Waals surface area contributed by atoms with Crippen LogP contribution in [0.5, 0.6) is 5.75 Å². The van der Waals surface area contributed by atoms with E-state index in [1.807, 2.05) is 6.07 Å². The first-order valence-electron chi connectivity index (χ1n) is 15.3. The summed E-state index contributed by atoms with van der Waals surface area (Å²) in [6, 6.07) is 17.0. The lowest BCUT2D eigenvalue weighted by Crippen LogP contribution is -2.48. The number of nitrogens with two attached hydrogens (primary N) is 1. The third-order valence-corrected chi connectivity index (χ3v) is 7.63. The summed E-state index contributed by atoms with van der Waals surface area (Å²) < 4.78 is 54.7. The van der Waals surface area contributed by atoms with Crippen molar-refractivity contribution in [3.05, 3.63) is 119 Å². The third-order valence-electron chi connectivity index (χ3n) is 7.63. The highest BCUT2D eigenvalue weighted by molar-refractivity contribution is 5.94. The van der Waals surface area contributed by atoms with Gasteiger partial charge >= 0.3 is 6.09 Å². The van der Waals surface area contributed by atoms with Gasteiger partial charge in [0, 0.05) is 24.2 Å². The summed E-state index contributed by atoms with van der Waals surface area (Å²) >= 11 is 0. The summed E-state index contributed by atoms with van der Waals surface area (Å²) in [5.74, 6) is -3.44. The fraction of sp³-hybridized carbons (Fsp3) is 0.278. The second kappa shape index (κ2) is 14.2. The topological polar surface area (TPSA) is 124 Å². The van der Waals surface area contributed by atoms with Crippen molar-refractivity contribution in [2.75, 3.05) is 6.54 Å².